The van der Waals surface area contributed by atoms with Crippen LogP contribution in [0.2, 0.25) is 0 Å². The first kappa shape index (κ1) is 14.2. The Morgan fingerprint density at radius 2 is 1.84 bits per heavy atom. The van der Waals surface area contributed by atoms with Crippen molar-refractivity contribution in [2.45, 2.75) is 26.4 Å². The Bertz CT molecular complexity index is 551. The van der Waals surface area contributed by atoms with Crippen molar-refractivity contribution in [1.82, 2.24) is 5.32 Å². The smallest absolute Gasteiger partial charge is 0.137 e. The second kappa shape index (κ2) is 6.31. The molecule has 1 nitrogen and oxygen atoms in total. The number of aryl methyl sites for hydroxylation is 1. The Kier molecular flexibility index (Phi) is 4.72. The summed E-state index contributed by atoms with van der Waals surface area (Å²) in [6, 6.07) is 13.9. The first-order valence-electron chi connectivity index (χ1n) is 6.30. The molecule has 0 radical (unpaired) electrons. The highest BCUT2D eigenvalue weighted by atomic mass is 79.9. The summed E-state index contributed by atoms with van der Waals surface area (Å²) in [7, 11) is 0. The number of benzene rings is 2. The maximum Gasteiger partial charge on any atom is 0.137 e. The highest BCUT2D eigenvalue weighted by Crippen LogP contribution is 2.18. The lowest BCUT2D eigenvalue weighted by Gasteiger charge is -2.14. The van der Waals surface area contributed by atoms with Crippen LogP contribution < -0.4 is 5.32 Å². The molecule has 0 saturated heterocycles. The number of hydrogen-bond donors (Lipinski definition) is 1. The van der Waals surface area contributed by atoms with Crippen molar-refractivity contribution in [3.63, 3.8) is 0 Å². The van der Waals surface area contributed by atoms with E-state index in [4.69, 9.17) is 0 Å². The van der Waals surface area contributed by atoms with Gasteiger partial charge in [-0.3, -0.25) is 0 Å². The van der Waals surface area contributed by atoms with E-state index in [9.17, 15) is 4.39 Å². The van der Waals surface area contributed by atoms with Crippen LogP contribution in [0.25, 0.3) is 0 Å². The van der Waals surface area contributed by atoms with E-state index in [0.717, 1.165) is 5.56 Å². The highest BCUT2D eigenvalue weighted by Gasteiger charge is 2.05. The van der Waals surface area contributed by atoms with Gasteiger partial charge in [0.05, 0.1) is 4.47 Å². The third kappa shape index (κ3) is 3.88. The lowest BCUT2D eigenvalue weighted by molar-refractivity contribution is 0.568. The molecule has 0 heterocycles. The maximum absolute atomic E-state index is 13.4. The zero-order valence-corrected chi connectivity index (χ0v) is 12.7. The Morgan fingerprint density at radius 3 is 2.47 bits per heavy atom. The van der Waals surface area contributed by atoms with Crippen LogP contribution >= 0.6 is 15.9 Å². The van der Waals surface area contributed by atoms with E-state index in [0.29, 0.717) is 11.0 Å². The van der Waals surface area contributed by atoms with Gasteiger partial charge in [-0.1, -0.05) is 35.9 Å². The van der Waals surface area contributed by atoms with E-state index in [1.807, 2.05) is 6.07 Å². The van der Waals surface area contributed by atoms with Crippen LogP contribution in [0.5, 0.6) is 0 Å². The van der Waals surface area contributed by atoms with Gasteiger partial charge in [0.1, 0.15) is 5.82 Å². The maximum atomic E-state index is 13.4. The minimum Gasteiger partial charge on any atom is -0.306 e. The largest absolute Gasteiger partial charge is 0.306 e. The number of nitrogens with one attached hydrogen (secondary N) is 1. The Hall–Kier alpha value is -1.19. The van der Waals surface area contributed by atoms with Gasteiger partial charge in [-0.05, 0) is 53.0 Å². The van der Waals surface area contributed by atoms with Crippen molar-refractivity contribution in [2.75, 3.05) is 0 Å². The van der Waals surface area contributed by atoms with Crippen molar-refractivity contribution in [3.8, 4) is 0 Å². The standard InChI is InChI=1S/C16H17BrFN/c1-11-3-6-14(7-4-11)12(2)19-10-13-5-8-15(17)16(18)9-13/h3-9,12,19H,10H2,1-2H3. The van der Waals surface area contributed by atoms with Crippen LogP contribution in [0.1, 0.15) is 29.7 Å². The molecule has 1 unspecified atom stereocenters. The van der Waals surface area contributed by atoms with Gasteiger partial charge >= 0.3 is 0 Å². The molecule has 0 aliphatic heterocycles. The predicted molar refractivity (Wildman–Crippen MR) is 80.5 cm³/mol. The van der Waals surface area contributed by atoms with Crippen LogP contribution in [-0.4, -0.2) is 0 Å². The van der Waals surface area contributed by atoms with Crippen LogP contribution in [0.15, 0.2) is 46.9 Å². The molecular weight excluding hydrogens is 305 g/mol. The Morgan fingerprint density at radius 1 is 1.16 bits per heavy atom. The van der Waals surface area contributed by atoms with E-state index in [1.165, 1.54) is 11.1 Å². The number of hydrogen-bond acceptors (Lipinski definition) is 1. The van der Waals surface area contributed by atoms with Crippen LogP contribution in [0.3, 0.4) is 0 Å². The molecule has 2 rings (SSSR count). The molecule has 19 heavy (non-hydrogen) atoms. The van der Waals surface area contributed by atoms with Crippen molar-refractivity contribution in [1.29, 1.82) is 0 Å². The van der Waals surface area contributed by atoms with Crippen molar-refractivity contribution >= 4 is 15.9 Å². The van der Waals surface area contributed by atoms with Crippen LogP contribution in [-0.2, 0) is 6.54 Å². The monoisotopic (exact) mass is 321 g/mol. The summed E-state index contributed by atoms with van der Waals surface area (Å²) in [4.78, 5) is 0. The summed E-state index contributed by atoms with van der Waals surface area (Å²) >= 11 is 3.16. The van der Waals surface area contributed by atoms with Crippen molar-refractivity contribution in [2.24, 2.45) is 0 Å². The molecule has 1 atom stereocenters. The van der Waals surface area contributed by atoms with E-state index < -0.39 is 0 Å². The van der Waals surface area contributed by atoms with Crippen LogP contribution in [0.4, 0.5) is 4.39 Å². The summed E-state index contributed by atoms with van der Waals surface area (Å²) in [5.41, 5.74) is 3.44. The summed E-state index contributed by atoms with van der Waals surface area (Å²) in [5.74, 6) is -0.220. The zero-order chi connectivity index (χ0) is 13.8. The molecule has 2 aromatic rings. The first-order chi connectivity index (χ1) is 9.06. The summed E-state index contributed by atoms with van der Waals surface area (Å²) in [6.07, 6.45) is 0. The van der Waals surface area contributed by atoms with E-state index >= 15 is 0 Å². The highest BCUT2D eigenvalue weighted by molar-refractivity contribution is 9.10. The minimum atomic E-state index is -0.220. The summed E-state index contributed by atoms with van der Waals surface area (Å²) < 4.78 is 13.9. The average Bonchev–Trinajstić information content (AvgIpc) is 2.40. The fourth-order valence-corrected chi connectivity index (χ4v) is 2.14. The molecule has 0 amide bonds. The van der Waals surface area contributed by atoms with Gasteiger partial charge in [0.2, 0.25) is 0 Å². The second-order valence-corrected chi connectivity index (χ2v) is 5.62. The first-order valence-corrected chi connectivity index (χ1v) is 7.09. The van der Waals surface area contributed by atoms with Gasteiger partial charge < -0.3 is 5.32 Å². The molecule has 0 aliphatic carbocycles. The van der Waals surface area contributed by atoms with E-state index in [-0.39, 0.29) is 11.9 Å². The molecule has 0 aliphatic rings. The molecule has 0 fully saturated rings. The van der Waals surface area contributed by atoms with Crippen molar-refractivity contribution < 1.29 is 4.39 Å². The molecule has 2 aromatic carbocycles. The minimum absolute atomic E-state index is 0.220. The quantitative estimate of drug-likeness (QED) is 0.857. The topological polar surface area (TPSA) is 12.0 Å². The third-order valence-electron chi connectivity index (χ3n) is 3.17. The van der Waals surface area contributed by atoms with Gasteiger partial charge in [0, 0.05) is 12.6 Å². The van der Waals surface area contributed by atoms with Gasteiger partial charge in [0.15, 0.2) is 0 Å². The van der Waals surface area contributed by atoms with Gasteiger partial charge in [-0.2, -0.15) is 0 Å². The SMILES string of the molecule is Cc1ccc(C(C)NCc2ccc(Br)c(F)c2)cc1. The third-order valence-corrected chi connectivity index (χ3v) is 3.82. The molecule has 0 aromatic heterocycles. The molecule has 0 saturated carbocycles. The molecular formula is C16H17BrFN. The Balaban J connectivity index is 1.98. The van der Waals surface area contributed by atoms with Crippen molar-refractivity contribution in [3.05, 3.63) is 69.4 Å². The summed E-state index contributed by atoms with van der Waals surface area (Å²) in [6.45, 7) is 4.84. The lowest BCUT2D eigenvalue weighted by Crippen LogP contribution is -2.18. The molecule has 1 N–H and O–H groups in total. The van der Waals surface area contributed by atoms with Gasteiger partial charge in [-0.15, -0.1) is 0 Å². The number of halogens is 2. The summed E-state index contributed by atoms with van der Waals surface area (Å²) in [5, 5.41) is 3.40. The predicted octanol–water partition coefficient (Wildman–Crippen LogP) is 4.75. The molecule has 0 bridgehead atoms. The molecule has 3 heteroatoms. The van der Waals surface area contributed by atoms with Crippen LogP contribution in [0, 0.1) is 12.7 Å². The lowest BCUT2D eigenvalue weighted by atomic mass is 10.1. The van der Waals surface area contributed by atoms with Gasteiger partial charge in [0.25, 0.3) is 0 Å². The average molecular weight is 322 g/mol. The fraction of sp³-hybridized carbons (Fsp3) is 0.250. The normalized spacial score (nSPS) is 12.4. The zero-order valence-electron chi connectivity index (χ0n) is 11.1. The second-order valence-electron chi connectivity index (χ2n) is 4.76. The fourth-order valence-electron chi connectivity index (χ4n) is 1.89. The Labute approximate surface area is 122 Å². The molecule has 0 spiro atoms. The van der Waals surface area contributed by atoms with Gasteiger partial charge in [-0.25, -0.2) is 4.39 Å². The van der Waals surface area contributed by atoms with E-state index in [2.05, 4.69) is 59.4 Å². The van der Waals surface area contributed by atoms with E-state index in [1.54, 1.807) is 12.1 Å². The number of rotatable bonds is 4. The molecule has 100 valence electrons.